The third-order valence-electron chi connectivity index (χ3n) is 4.38. The fourth-order valence-electron chi connectivity index (χ4n) is 3.24. The maximum absolute atomic E-state index is 9.97. The van der Waals surface area contributed by atoms with Crippen LogP contribution in [0.15, 0.2) is 12.3 Å². The predicted molar refractivity (Wildman–Crippen MR) is 77.5 cm³/mol. The summed E-state index contributed by atoms with van der Waals surface area (Å²) in [6, 6.07) is 2.03. The third-order valence-corrected chi connectivity index (χ3v) is 4.38. The number of hydrogen-bond acceptors (Lipinski definition) is 4. The van der Waals surface area contributed by atoms with E-state index in [0.29, 0.717) is 12.3 Å². The smallest absolute Gasteiger partial charge is 0.218 e. The Bertz CT molecular complexity index is 524. The molecule has 0 unspecified atom stereocenters. The number of hydrogen-bond donors (Lipinski definition) is 2. The quantitative estimate of drug-likeness (QED) is 0.826. The minimum atomic E-state index is -0.481. The van der Waals surface area contributed by atoms with Crippen LogP contribution in [0.4, 0.5) is 0 Å². The van der Waals surface area contributed by atoms with Gasteiger partial charge in [0.1, 0.15) is 5.60 Å². The summed E-state index contributed by atoms with van der Waals surface area (Å²) in [5.41, 5.74) is 8.21. The van der Waals surface area contributed by atoms with Crippen LogP contribution >= 0.6 is 0 Å². The van der Waals surface area contributed by atoms with E-state index in [4.69, 9.17) is 10.5 Å². The maximum Gasteiger partial charge on any atom is 0.218 e. The lowest BCUT2D eigenvalue weighted by Gasteiger charge is -2.50. The number of fused-ring (bicyclic) bond motifs is 1. The van der Waals surface area contributed by atoms with Gasteiger partial charge in [0.05, 0.1) is 6.10 Å². The second kappa shape index (κ2) is 4.43. The van der Waals surface area contributed by atoms with Gasteiger partial charge in [-0.3, -0.25) is 0 Å². The second-order valence-electron chi connectivity index (χ2n) is 7.51. The van der Waals surface area contributed by atoms with E-state index in [1.165, 1.54) is 5.56 Å². The van der Waals surface area contributed by atoms with Crippen molar-refractivity contribution in [3.63, 3.8) is 0 Å². The number of pyridine rings is 1. The lowest BCUT2D eigenvalue weighted by molar-refractivity contribution is -0.142. The highest BCUT2D eigenvalue weighted by atomic mass is 16.5. The SMILES string of the molecule is CC(C)(C)Cc1cnc2c(c1)[C@@H](N)C[C@@]1(CC[C@@H]1O)O2. The molecule has 3 atom stereocenters. The van der Waals surface area contributed by atoms with Crippen molar-refractivity contribution in [2.45, 2.75) is 64.2 Å². The summed E-state index contributed by atoms with van der Waals surface area (Å²) in [6.45, 7) is 6.63. The van der Waals surface area contributed by atoms with Gasteiger partial charge in [-0.2, -0.15) is 0 Å². The van der Waals surface area contributed by atoms with Gasteiger partial charge in [0.25, 0.3) is 0 Å². The van der Waals surface area contributed by atoms with Gasteiger partial charge in [-0.25, -0.2) is 4.98 Å². The van der Waals surface area contributed by atoms with E-state index in [9.17, 15) is 5.11 Å². The molecular formula is C16H24N2O2. The van der Waals surface area contributed by atoms with Gasteiger partial charge >= 0.3 is 0 Å². The molecule has 1 aliphatic carbocycles. The van der Waals surface area contributed by atoms with Gasteiger partial charge in [-0.1, -0.05) is 20.8 Å². The summed E-state index contributed by atoms with van der Waals surface area (Å²) < 4.78 is 5.98. The van der Waals surface area contributed by atoms with E-state index >= 15 is 0 Å². The summed E-state index contributed by atoms with van der Waals surface area (Å²) in [6.07, 6.45) is 4.78. The number of aliphatic hydroxyl groups excluding tert-OH is 1. The van der Waals surface area contributed by atoms with Crippen LogP contribution in [-0.4, -0.2) is 21.8 Å². The lowest BCUT2D eigenvalue weighted by Crippen LogP contribution is -2.59. The molecule has 0 aromatic carbocycles. The largest absolute Gasteiger partial charge is 0.468 e. The minimum absolute atomic E-state index is 0.0962. The van der Waals surface area contributed by atoms with Crippen LogP contribution in [0.1, 0.15) is 57.2 Å². The first-order valence-corrected chi connectivity index (χ1v) is 7.41. The summed E-state index contributed by atoms with van der Waals surface area (Å²) in [5.74, 6) is 0.611. The Kier molecular flexibility index (Phi) is 3.07. The molecule has 1 aromatic heterocycles. The standard InChI is InChI=1S/C16H24N2O2/c1-15(2,3)7-10-6-11-12(17)8-16(5-4-13(16)19)20-14(11)18-9-10/h6,9,12-13,19H,4-5,7-8,17H2,1-3H3/t12-,13-,16+/m0/s1. The average Bonchev–Trinajstić information content (AvgIpc) is 2.35. The Morgan fingerprint density at radius 2 is 2.25 bits per heavy atom. The average molecular weight is 276 g/mol. The zero-order valence-corrected chi connectivity index (χ0v) is 12.5. The molecule has 2 aliphatic rings. The molecule has 0 bridgehead atoms. The Morgan fingerprint density at radius 3 is 2.80 bits per heavy atom. The lowest BCUT2D eigenvalue weighted by atomic mass is 9.71. The zero-order chi connectivity index (χ0) is 14.5. The van der Waals surface area contributed by atoms with Crippen LogP contribution in [0.25, 0.3) is 0 Å². The molecule has 4 heteroatoms. The highest BCUT2D eigenvalue weighted by Gasteiger charge is 2.52. The molecule has 1 aliphatic heterocycles. The molecule has 1 spiro atoms. The molecule has 0 saturated heterocycles. The maximum atomic E-state index is 9.97. The number of nitrogens with two attached hydrogens (primary N) is 1. The topological polar surface area (TPSA) is 68.4 Å². The van der Waals surface area contributed by atoms with Crippen molar-refractivity contribution in [2.24, 2.45) is 11.1 Å². The summed E-state index contributed by atoms with van der Waals surface area (Å²) in [5, 5.41) is 9.97. The molecule has 3 rings (SSSR count). The molecule has 1 aromatic rings. The molecule has 110 valence electrons. The Labute approximate surface area is 120 Å². The van der Waals surface area contributed by atoms with Crippen LogP contribution in [0, 0.1) is 5.41 Å². The van der Waals surface area contributed by atoms with Crippen LogP contribution in [0.2, 0.25) is 0 Å². The Morgan fingerprint density at radius 1 is 1.50 bits per heavy atom. The van der Waals surface area contributed by atoms with Crippen molar-refractivity contribution in [1.82, 2.24) is 4.98 Å². The number of rotatable bonds is 1. The van der Waals surface area contributed by atoms with Gasteiger partial charge in [0, 0.05) is 24.2 Å². The molecule has 0 amide bonds. The van der Waals surface area contributed by atoms with Gasteiger partial charge in [-0.15, -0.1) is 0 Å². The van der Waals surface area contributed by atoms with E-state index in [0.717, 1.165) is 24.8 Å². The third kappa shape index (κ3) is 2.31. The summed E-state index contributed by atoms with van der Waals surface area (Å²) >= 11 is 0. The van der Waals surface area contributed by atoms with Crippen LogP contribution in [-0.2, 0) is 6.42 Å². The van der Waals surface area contributed by atoms with Crippen molar-refractivity contribution in [3.8, 4) is 5.88 Å². The number of aromatic nitrogens is 1. The minimum Gasteiger partial charge on any atom is -0.468 e. The van der Waals surface area contributed by atoms with E-state index in [2.05, 4.69) is 31.8 Å². The van der Waals surface area contributed by atoms with Gasteiger partial charge in [-0.05, 0) is 36.3 Å². The normalized spacial score (nSPS) is 32.5. The molecule has 3 N–H and O–H groups in total. The van der Waals surface area contributed by atoms with Crippen molar-refractivity contribution >= 4 is 0 Å². The first-order chi connectivity index (χ1) is 9.29. The molecule has 0 radical (unpaired) electrons. The van der Waals surface area contributed by atoms with Crippen molar-refractivity contribution in [3.05, 3.63) is 23.4 Å². The van der Waals surface area contributed by atoms with Gasteiger partial charge in [0.15, 0.2) is 0 Å². The highest BCUT2D eigenvalue weighted by molar-refractivity contribution is 5.37. The zero-order valence-electron chi connectivity index (χ0n) is 12.5. The van der Waals surface area contributed by atoms with Gasteiger partial charge in [0.2, 0.25) is 5.88 Å². The Hall–Kier alpha value is -1.13. The number of aliphatic hydroxyl groups is 1. The highest BCUT2D eigenvalue weighted by Crippen LogP contribution is 2.47. The monoisotopic (exact) mass is 276 g/mol. The molecule has 4 nitrogen and oxygen atoms in total. The van der Waals surface area contributed by atoms with Crippen molar-refractivity contribution < 1.29 is 9.84 Å². The van der Waals surface area contributed by atoms with E-state index < -0.39 is 11.7 Å². The number of ether oxygens (including phenoxy) is 1. The molecule has 2 heterocycles. The van der Waals surface area contributed by atoms with E-state index in [1.807, 2.05) is 6.20 Å². The molecule has 1 saturated carbocycles. The summed E-state index contributed by atoms with van der Waals surface area (Å²) in [7, 11) is 0. The fraction of sp³-hybridized carbons (Fsp3) is 0.688. The fourth-order valence-corrected chi connectivity index (χ4v) is 3.24. The van der Waals surface area contributed by atoms with Gasteiger partial charge < -0.3 is 15.6 Å². The van der Waals surface area contributed by atoms with E-state index in [-0.39, 0.29) is 11.5 Å². The van der Waals surface area contributed by atoms with Crippen LogP contribution in [0.5, 0.6) is 5.88 Å². The molecular weight excluding hydrogens is 252 g/mol. The van der Waals surface area contributed by atoms with Crippen molar-refractivity contribution in [1.29, 1.82) is 0 Å². The van der Waals surface area contributed by atoms with Crippen molar-refractivity contribution in [2.75, 3.05) is 0 Å². The second-order valence-corrected chi connectivity index (χ2v) is 7.51. The van der Waals surface area contributed by atoms with Crippen LogP contribution in [0.3, 0.4) is 0 Å². The first-order valence-electron chi connectivity index (χ1n) is 7.41. The first kappa shape index (κ1) is 13.8. The molecule has 1 fully saturated rings. The summed E-state index contributed by atoms with van der Waals surface area (Å²) in [4.78, 5) is 4.45. The van der Waals surface area contributed by atoms with E-state index in [1.54, 1.807) is 0 Å². The molecule has 20 heavy (non-hydrogen) atoms. The predicted octanol–water partition coefficient (Wildman–Crippen LogP) is 2.35. The number of nitrogens with zero attached hydrogens (tertiary/aromatic N) is 1. The van der Waals surface area contributed by atoms with Crippen LogP contribution < -0.4 is 10.5 Å². The Balaban J connectivity index is 1.88.